The van der Waals surface area contributed by atoms with Gasteiger partial charge >= 0.3 is 5.69 Å². The minimum absolute atomic E-state index is 0.479. The third-order valence-electron chi connectivity index (χ3n) is 2.64. The standard InChI is InChI=1S/C9H12N2O6.C2H4O2/c12-3-4-6(14)7(15)8(17-4)11-2-1-5(13)10-9(11)16;1-2(3)4/h1-2,4,6-8,12,14-15H,3H2,(H,10,13,16);1H3,(H,3,4)/t4-,6-,7-,8-;/m1./s1. The zero-order valence-corrected chi connectivity index (χ0v) is 11.0. The summed E-state index contributed by atoms with van der Waals surface area (Å²) in [6, 6.07) is 1.09. The molecule has 1 saturated heterocycles. The molecule has 0 bridgehead atoms. The Morgan fingerprint density at radius 1 is 1.38 bits per heavy atom. The molecule has 0 unspecified atom stereocenters. The third-order valence-corrected chi connectivity index (χ3v) is 2.64. The highest BCUT2D eigenvalue weighted by atomic mass is 16.6. The first-order valence-electron chi connectivity index (χ1n) is 5.91. The van der Waals surface area contributed by atoms with Crippen molar-refractivity contribution in [1.82, 2.24) is 9.55 Å². The smallest absolute Gasteiger partial charge is 0.330 e. The van der Waals surface area contributed by atoms with E-state index in [9.17, 15) is 19.8 Å². The number of aliphatic hydroxyl groups is 3. The van der Waals surface area contributed by atoms with E-state index in [2.05, 4.69) is 0 Å². The molecule has 1 aromatic heterocycles. The van der Waals surface area contributed by atoms with E-state index in [1.807, 2.05) is 4.98 Å². The number of aromatic nitrogens is 2. The second kappa shape index (κ2) is 7.13. The second-order valence-corrected chi connectivity index (χ2v) is 4.27. The van der Waals surface area contributed by atoms with Gasteiger partial charge in [-0.2, -0.15) is 0 Å². The molecule has 0 radical (unpaired) electrons. The highest BCUT2D eigenvalue weighted by Gasteiger charge is 2.43. The molecule has 10 heteroatoms. The molecule has 2 heterocycles. The van der Waals surface area contributed by atoms with Crippen LogP contribution in [0, 0.1) is 0 Å². The Balaban J connectivity index is 0.000000491. The van der Waals surface area contributed by atoms with Crippen molar-refractivity contribution in [2.45, 2.75) is 31.5 Å². The minimum atomic E-state index is -1.35. The van der Waals surface area contributed by atoms with Gasteiger partial charge in [0.2, 0.25) is 0 Å². The number of nitrogens with zero attached hydrogens (tertiary/aromatic N) is 1. The maximum absolute atomic E-state index is 11.4. The average molecular weight is 304 g/mol. The van der Waals surface area contributed by atoms with Crippen molar-refractivity contribution in [3.05, 3.63) is 33.1 Å². The molecule has 10 nitrogen and oxygen atoms in total. The molecule has 1 fully saturated rings. The van der Waals surface area contributed by atoms with Crippen LogP contribution in [-0.2, 0) is 9.53 Å². The number of H-pyrrole nitrogens is 1. The lowest BCUT2D eigenvalue weighted by atomic mass is 10.1. The monoisotopic (exact) mass is 304 g/mol. The van der Waals surface area contributed by atoms with Gasteiger partial charge in [-0.1, -0.05) is 0 Å². The van der Waals surface area contributed by atoms with E-state index in [0.29, 0.717) is 0 Å². The molecule has 0 amide bonds. The Morgan fingerprint density at radius 2 is 1.95 bits per heavy atom. The number of aliphatic hydroxyl groups excluding tert-OH is 3. The lowest BCUT2D eigenvalue weighted by Crippen LogP contribution is -2.37. The summed E-state index contributed by atoms with van der Waals surface area (Å²) in [7, 11) is 0. The van der Waals surface area contributed by atoms with E-state index >= 15 is 0 Å². The van der Waals surface area contributed by atoms with Gasteiger partial charge in [0.05, 0.1) is 6.61 Å². The Labute approximate surface area is 117 Å². The zero-order valence-electron chi connectivity index (χ0n) is 11.0. The van der Waals surface area contributed by atoms with Crippen LogP contribution in [0.15, 0.2) is 21.9 Å². The SMILES string of the molecule is CC(=O)O.O=c1ccn([C@@H]2O[C@H](CO)[C@@H](O)[C@H]2O)c(=O)[nH]1. The van der Waals surface area contributed by atoms with Crippen LogP contribution in [0.1, 0.15) is 13.2 Å². The molecule has 2 rings (SSSR count). The van der Waals surface area contributed by atoms with E-state index in [1.165, 1.54) is 0 Å². The van der Waals surface area contributed by atoms with Crippen LogP contribution in [0.5, 0.6) is 0 Å². The number of aliphatic carboxylic acids is 1. The fraction of sp³-hybridized carbons (Fsp3) is 0.545. The predicted octanol–water partition coefficient (Wildman–Crippen LogP) is -2.76. The highest BCUT2D eigenvalue weighted by molar-refractivity contribution is 5.62. The van der Waals surface area contributed by atoms with Crippen molar-refractivity contribution in [3.63, 3.8) is 0 Å². The molecule has 1 aliphatic rings. The van der Waals surface area contributed by atoms with Gasteiger partial charge in [-0.15, -0.1) is 0 Å². The summed E-state index contributed by atoms with van der Waals surface area (Å²) in [4.78, 5) is 33.3. The van der Waals surface area contributed by atoms with Crippen LogP contribution in [0.3, 0.4) is 0 Å². The van der Waals surface area contributed by atoms with Gasteiger partial charge < -0.3 is 25.2 Å². The minimum Gasteiger partial charge on any atom is -0.481 e. The van der Waals surface area contributed by atoms with Crippen molar-refractivity contribution >= 4 is 5.97 Å². The number of carboxylic acid groups (broad SMARTS) is 1. The zero-order chi connectivity index (χ0) is 16.2. The van der Waals surface area contributed by atoms with Crippen molar-refractivity contribution in [1.29, 1.82) is 0 Å². The maximum Gasteiger partial charge on any atom is 0.330 e. The number of hydrogen-bond acceptors (Lipinski definition) is 7. The molecule has 1 aromatic rings. The van der Waals surface area contributed by atoms with Crippen LogP contribution in [0.2, 0.25) is 0 Å². The first kappa shape index (κ1) is 17.0. The first-order chi connectivity index (χ1) is 9.77. The fourth-order valence-electron chi connectivity index (χ4n) is 1.74. The molecule has 118 valence electrons. The molecule has 21 heavy (non-hydrogen) atoms. The van der Waals surface area contributed by atoms with Crippen LogP contribution in [0.4, 0.5) is 0 Å². The van der Waals surface area contributed by atoms with Gasteiger partial charge in [-0.05, 0) is 0 Å². The number of carboxylic acids is 1. The summed E-state index contributed by atoms with van der Waals surface area (Å²) in [6.07, 6.45) is -3.58. The van der Waals surface area contributed by atoms with E-state index in [0.717, 1.165) is 23.8 Å². The molecule has 5 N–H and O–H groups in total. The van der Waals surface area contributed by atoms with Crippen LogP contribution >= 0.6 is 0 Å². The van der Waals surface area contributed by atoms with Gasteiger partial charge in [-0.3, -0.25) is 19.1 Å². The van der Waals surface area contributed by atoms with E-state index < -0.39 is 48.4 Å². The van der Waals surface area contributed by atoms with Gasteiger partial charge in [0, 0.05) is 19.2 Å². The topological polar surface area (TPSA) is 162 Å². The molecule has 0 aliphatic carbocycles. The van der Waals surface area contributed by atoms with Crippen molar-refractivity contribution < 1.29 is 30.0 Å². The molecule has 0 spiro atoms. The second-order valence-electron chi connectivity index (χ2n) is 4.27. The lowest BCUT2D eigenvalue weighted by molar-refractivity contribution is -0.134. The van der Waals surface area contributed by atoms with Crippen LogP contribution in [0.25, 0.3) is 0 Å². The van der Waals surface area contributed by atoms with Crippen LogP contribution in [-0.4, -0.2) is 60.9 Å². The summed E-state index contributed by atoms with van der Waals surface area (Å²) in [5, 5.41) is 35.5. The number of carbonyl (C=O) groups is 1. The lowest BCUT2D eigenvalue weighted by Gasteiger charge is -2.16. The predicted molar refractivity (Wildman–Crippen MR) is 67.6 cm³/mol. The van der Waals surface area contributed by atoms with Crippen LogP contribution < -0.4 is 11.2 Å². The number of ether oxygens (including phenoxy) is 1. The Hall–Kier alpha value is -2.01. The fourth-order valence-corrected chi connectivity index (χ4v) is 1.74. The number of nitrogens with one attached hydrogen (secondary N) is 1. The summed E-state index contributed by atoms with van der Waals surface area (Å²) < 4.78 is 6.08. The van der Waals surface area contributed by atoms with Gasteiger partial charge in [-0.25, -0.2) is 4.79 Å². The summed E-state index contributed by atoms with van der Waals surface area (Å²) >= 11 is 0. The molecule has 1 aliphatic heterocycles. The maximum atomic E-state index is 11.4. The summed E-state index contributed by atoms with van der Waals surface area (Å²) in [5.74, 6) is -0.833. The van der Waals surface area contributed by atoms with Crippen molar-refractivity contribution in [2.24, 2.45) is 0 Å². The average Bonchev–Trinajstić information content (AvgIpc) is 2.66. The molecule has 0 saturated carbocycles. The molecule has 4 atom stereocenters. The van der Waals surface area contributed by atoms with Gasteiger partial charge in [0.1, 0.15) is 18.3 Å². The number of hydrogen-bond donors (Lipinski definition) is 5. The first-order valence-corrected chi connectivity index (χ1v) is 5.91. The van der Waals surface area contributed by atoms with E-state index in [4.69, 9.17) is 19.7 Å². The number of rotatable bonds is 2. The third kappa shape index (κ3) is 4.23. The van der Waals surface area contributed by atoms with E-state index in [-0.39, 0.29) is 0 Å². The molecular formula is C11H16N2O8. The molecule has 0 aromatic carbocycles. The summed E-state index contributed by atoms with van der Waals surface area (Å²) in [6.45, 7) is 0.604. The van der Waals surface area contributed by atoms with Crippen molar-refractivity contribution in [2.75, 3.05) is 6.61 Å². The van der Waals surface area contributed by atoms with E-state index in [1.54, 1.807) is 0 Å². The van der Waals surface area contributed by atoms with Gasteiger partial charge in [0.15, 0.2) is 6.23 Å². The Morgan fingerprint density at radius 3 is 2.38 bits per heavy atom. The highest BCUT2D eigenvalue weighted by Crippen LogP contribution is 2.27. The summed E-state index contributed by atoms with van der Waals surface area (Å²) in [5.41, 5.74) is -1.33. The molecular weight excluding hydrogens is 288 g/mol. The van der Waals surface area contributed by atoms with Crippen molar-refractivity contribution in [3.8, 4) is 0 Å². The normalized spacial score (nSPS) is 27.8. The quantitative estimate of drug-likeness (QED) is 0.392. The van der Waals surface area contributed by atoms with Gasteiger partial charge in [0.25, 0.3) is 11.5 Å². The Bertz CT molecular complexity index is 590. The largest absolute Gasteiger partial charge is 0.481 e. The Kier molecular flexibility index (Phi) is 5.79. The number of aromatic amines is 1.